The summed E-state index contributed by atoms with van der Waals surface area (Å²) < 4.78 is 32.5. The minimum absolute atomic E-state index is 0.118. The maximum Gasteiger partial charge on any atom is 0.353 e. The quantitative estimate of drug-likeness (QED) is 0.359. The maximum absolute atomic E-state index is 11.9. The van der Waals surface area contributed by atoms with Crippen LogP contribution in [0.3, 0.4) is 0 Å². The van der Waals surface area contributed by atoms with Crippen molar-refractivity contribution in [2.45, 2.75) is 46.8 Å². The number of methoxy groups -OCH3 is 1. The first-order valence-corrected chi connectivity index (χ1v) is 10.7. The number of fused-ring (bicyclic) bond motifs is 1. The van der Waals surface area contributed by atoms with Gasteiger partial charge < -0.3 is 28.7 Å². The maximum atomic E-state index is 11.9. The average molecular weight is 414 g/mol. The molecule has 9 heteroatoms. The van der Waals surface area contributed by atoms with Gasteiger partial charge in [0.1, 0.15) is 30.0 Å². The molecule has 1 aromatic carbocycles. The van der Waals surface area contributed by atoms with Crippen LogP contribution in [-0.4, -0.2) is 42.1 Å². The molecule has 0 saturated heterocycles. The fourth-order valence-electron chi connectivity index (χ4n) is 3.05. The normalized spacial score (nSPS) is 16.1. The van der Waals surface area contributed by atoms with Gasteiger partial charge in [-0.05, 0) is 39.7 Å². The van der Waals surface area contributed by atoms with Gasteiger partial charge in [-0.15, -0.1) is 0 Å². The summed E-state index contributed by atoms with van der Waals surface area (Å²) in [6.45, 7) is 7.19. The van der Waals surface area contributed by atoms with Gasteiger partial charge in [0.05, 0.1) is 19.8 Å². The predicted molar refractivity (Wildman–Crippen MR) is 103 cm³/mol. The summed E-state index contributed by atoms with van der Waals surface area (Å²) in [6.07, 6.45) is 1.32. The Balaban J connectivity index is 2.11. The van der Waals surface area contributed by atoms with Crippen molar-refractivity contribution in [3.63, 3.8) is 0 Å². The Hall–Kier alpha value is -1.86. The number of cyclic esters (lactones) is 1. The molecular weight excluding hydrogens is 387 g/mol. The highest BCUT2D eigenvalue weighted by atomic mass is 31.2. The van der Waals surface area contributed by atoms with Gasteiger partial charge in [-0.1, -0.05) is 11.6 Å². The number of esters is 1. The average Bonchev–Trinajstić information content (AvgIpc) is 2.97. The summed E-state index contributed by atoms with van der Waals surface area (Å²) in [7, 11) is -2.28. The Morgan fingerprint density at radius 2 is 2.07 bits per heavy atom. The Kier molecular flexibility index (Phi) is 7.28. The monoisotopic (exact) mass is 414 g/mol. The Bertz CT molecular complexity index is 828. The van der Waals surface area contributed by atoms with Crippen molar-refractivity contribution in [3.8, 4) is 11.5 Å². The van der Waals surface area contributed by atoms with E-state index in [0.717, 1.165) is 11.1 Å². The van der Waals surface area contributed by atoms with Gasteiger partial charge in [0.2, 0.25) is 0 Å². The molecule has 0 amide bonds. The van der Waals surface area contributed by atoms with Crippen molar-refractivity contribution < 1.29 is 38.1 Å². The molecule has 1 aromatic rings. The Morgan fingerprint density at radius 1 is 1.39 bits per heavy atom. The number of phenolic OH excluding ortho intramolecular Hbond substituents is 1. The van der Waals surface area contributed by atoms with E-state index in [1.54, 1.807) is 26.8 Å². The lowest BCUT2D eigenvalue weighted by atomic mass is 9.95. The zero-order valence-electron chi connectivity index (χ0n) is 16.8. The second-order valence-electron chi connectivity index (χ2n) is 6.94. The first kappa shape index (κ1) is 22.4. The molecule has 0 aliphatic carbocycles. The molecule has 2 N–H and O–H groups in total. The zero-order valence-corrected chi connectivity index (χ0v) is 17.7. The van der Waals surface area contributed by atoms with E-state index in [4.69, 9.17) is 18.7 Å². The van der Waals surface area contributed by atoms with Crippen LogP contribution >= 0.6 is 7.60 Å². The Morgan fingerprint density at radius 3 is 2.68 bits per heavy atom. The van der Waals surface area contributed by atoms with Gasteiger partial charge in [-0.25, -0.2) is 4.79 Å². The molecule has 1 aliphatic rings. The lowest BCUT2D eigenvalue weighted by Crippen LogP contribution is -2.06. The number of benzene rings is 1. The third-order valence-corrected chi connectivity index (χ3v) is 5.52. The summed E-state index contributed by atoms with van der Waals surface area (Å²) in [4.78, 5) is 21.6. The number of ether oxygens (including phenoxy) is 3. The number of carbonyl (C=O) groups excluding carboxylic acids is 1. The molecule has 0 radical (unpaired) electrons. The van der Waals surface area contributed by atoms with Gasteiger partial charge in [-0.2, -0.15) is 0 Å². The van der Waals surface area contributed by atoms with E-state index < -0.39 is 19.9 Å². The number of aromatic hydroxyl groups is 1. The smallest absolute Gasteiger partial charge is 0.353 e. The van der Waals surface area contributed by atoms with E-state index in [0.29, 0.717) is 23.3 Å². The van der Waals surface area contributed by atoms with Gasteiger partial charge in [-0.3, -0.25) is 4.57 Å². The van der Waals surface area contributed by atoms with Gasteiger partial charge in [0, 0.05) is 11.1 Å². The van der Waals surface area contributed by atoms with Crippen molar-refractivity contribution in [2.75, 3.05) is 20.1 Å². The number of hydrogen-bond donors (Lipinski definition) is 2. The van der Waals surface area contributed by atoms with Gasteiger partial charge >= 0.3 is 13.6 Å². The highest BCUT2D eigenvalue weighted by Gasteiger charge is 2.31. The standard InChI is InChI=1S/C19H27O8P/c1-11(2)27-28(22,23)10-25-8-12(3)6-7-14-17(20)16-15(9-26-19(16)21)13(4)18(14)24-5/h6,11,20H,7-10H2,1-5H3,(H,22,23). The number of phenols is 1. The summed E-state index contributed by atoms with van der Waals surface area (Å²) >= 11 is 0. The molecule has 0 spiro atoms. The van der Waals surface area contributed by atoms with Crippen molar-refractivity contribution in [2.24, 2.45) is 0 Å². The topological polar surface area (TPSA) is 112 Å². The molecule has 2 rings (SSSR count). The first-order valence-electron chi connectivity index (χ1n) is 8.89. The highest BCUT2D eigenvalue weighted by Crippen LogP contribution is 2.43. The van der Waals surface area contributed by atoms with Crippen LogP contribution in [0.2, 0.25) is 0 Å². The number of allylic oxidation sites excluding steroid dienone is 1. The molecular formula is C19H27O8P. The molecule has 1 aliphatic heterocycles. The van der Waals surface area contributed by atoms with E-state index in [1.807, 2.05) is 6.92 Å². The molecule has 0 aromatic heterocycles. The second-order valence-corrected chi connectivity index (χ2v) is 8.68. The van der Waals surface area contributed by atoms with Crippen LogP contribution in [0.15, 0.2) is 11.6 Å². The van der Waals surface area contributed by atoms with Crippen LogP contribution in [0.1, 0.15) is 47.8 Å². The molecule has 28 heavy (non-hydrogen) atoms. The van der Waals surface area contributed by atoms with Gasteiger partial charge in [0.25, 0.3) is 0 Å². The molecule has 1 unspecified atom stereocenters. The largest absolute Gasteiger partial charge is 0.507 e. The third-order valence-electron chi connectivity index (χ3n) is 4.26. The van der Waals surface area contributed by atoms with E-state index >= 15 is 0 Å². The predicted octanol–water partition coefficient (Wildman–Crippen LogP) is 3.45. The van der Waals surface area contributed by atoms with Crippen molar-refractivity contribution in [1.29, 1.82) is 0 Å². The number of carbonyl (C=O) groups is 1. The third kappa shape index (κ3) is 5.14. The SMILES string of the molecule is COc1c(C)c2c(c(O)c1CC=C(C)COCP(=O)(O)OC(C)C)C(=O)OC2. The summed E-state index contributed by atoms with van der Waals surface area (Å²) in [5.74, 6) is -0.188. The molecule has 1 atom stereocenters. The van der Waals surface area contributed by atoms with E-state index in [9.17, 15) is 19.4 Å². The van der Waals surface area contributed by atoms with Gasteiger partial charge in [0.15, 0.2) is 0 Å². The van der Waals surface area contributed by atoms with Crippen LogP contribution in [0, 0.1) is 6.92 Å². The van der Waals surface area contributed by atoms with Crippen molar-refractivity contribution in [1.82, 2.24) is 0 Å². The summed E-state index contributed by atoms with van der Waals surface area (Å²) in [5, 5.41) is 10.6. The van der Waals surface area contributed by atoms with E-state index in [-0.39, 0.29) is 30.6 Å². The van der Waals surface area contributed by atoms with Crippen molar-refractivity contribution in [3.05, 3.63) is 33.9 Å². The summed E-state index contributed by atoms with van der Waals surface area (Å²) in [5.41, 5.74) is 2.84. The lowest BCUT2D eigenvalue weighted by Gasteiger charge is -2.16. The van der Waals surface area contributed by atoms with Crippen LogP contribution in [0.4, 0.5) is 0 Å². The molecule has 0 fully saturated rings. The van der Waals surface area contributed by atoms with Crippen LogP contribution in [0.25, 0.3) is 0 Å². The van der Waals surface area contributed by atoms with E-state index in [2.05, 4.69) is 0 Å². The van der Waals surface area contributed by atoms with E-state index in [1.165, 1.54) is 7.11 Å². The molecule has 0 saturated carbocycles. The fraction of sp³-hybridized carbons (Fsp3) is 0.526. The zero-order chi connectivity index (χ0) is 21.1. The number of rotatable bonds is 9. The van der Waals surface area contributed by atoms with Crippen molar-refractivity contribution >= 4 is 13.6 Å². The Labute approximate surface area is 164 Å². The van der Waals surface area contributed by atoms with Crippen LogP contribution in [0.5, 0.6) is 11.5 Å². The van der Waals surface area contributed by atoms with Crippen LogP contribution in [-0.2, 0) is 31.6 Å². The number of hydrogen-bond acceptors (Lipinski definition) is 7. The molecule has 156 valence electrons. The van der Waals surface area contributed by atoms with Crippen LogP contribution < -0.4 is 4.74 Å². The molecule has 0 bridgehead atoms. The fourth-order valence-corrected chi connectivity index (χ4v) is 4.09. The minimum atomic E-state index is -3.79. The summed E-state index contributed by atoms with van der Waals surface area (Å²) in [6, 6.07) is 0. The first-order chi connectivity index (χ1) is 13.1. The molecule has 8 nitrogen and oxygen atoms in total. The highest BCUT2D eigenvalue weighted by molar-refractivity contribution is 7.52. The molecule has 1 heterocycles. The minimum Gasteiger partial charge on any atom is -0.507 e. The second kappa shape index (κ2) is 9.09. The lowest BCUT2D eigenvalue weighted by molar-refractivity contribution is 0.0532.